The lowest BCUT2D eigenvalue weighted by Gasteiger charge is -2.26. The fourth-order valence-electron chi connectivity index (χ4n) is 2.79. The standard InChI is InChI=1S/C14H23N3O3S/c1-16(2)9-12-7-13(18)10-17(12)21(19,20)14-6-4-3-5-11(14)8-15/h3-6,12-13,18H,7-10,15H2,1-2H3. The lowest BCUT2D eigenvalue weighted by Crippen LogP contribution is -2.41. The van der Waals surface area contributed by atoms with E-state index in [2.05, 4.69) is 0 Å². The molecule has 2 rings (SSSR count). The first-order valence-corrected chi connectivity index (χ1v) is 8.43. The van der Waals surface area contributed by atoms with Crippen LogP contribution in [-0.4, -0.2) is 62.1 Å². The minimum Gasteiger partial charge on any atom is -0.392 e. The molecular weight excluding hydrogens is 290 g/mol. The maximum absolute atomic E-state index is 12.9. The van der Waals surface area contributed by atoms with E-state index in [0.29, 0.717) is 18.5 Å². The van der Waals surface area contributed by atoms with Crippen LogP contribution in [-0.2, 0) is 16.6 Å². The van der Waals surface area contributed by atoms with E-state index < -0.39 is 16.1 Å². The number of aliphatic hydroxyl groups excluding tert-OH is 1. The molecule has 0 aromatic heterocycles. The van der Waals surface area contributed by atoms with Gasteiger partial charge in [0.05, 0.1) is 11.0 Å². The molecule has 3 N–H and O–H groups in total. The van der Waals surface area contributed by atoms with E-state index >= 15 is 0 Å². The van der Waals surface area contributed by atoms with Gasteiger partial charge in [0.15, 0.2) is 0 Å². The molecule has 0 saturated carbocycles. The first-order chi connectivity index (χ1) is 9.86. The van der Waals surface area contributed by atoms with E-state index in [9.17, 15) is 13.5 Å². The second kappa shape index (κ2) is 6.41. The molecule has 6 nitrogen and oxygen atoms in total. The van der Waals surface area contributed by atoms with Crippen molar-refractivity contribution in [1.82, 2.24) is 9.21 Å². The summed E-state index contributed by atoms with van der Waals surface area (Å²) in [5, 5.41) is 9.87. The van der Waals surface area contributed by atoms with Gasteiger partial charge in [-0.15, -0.1) is 0 Å². The Hall–Kier alpha value is -0.990. The predicted molar refractivity (Wildman–Crippen MR) is 81.2 cm³/mol. The highest BCUT2D eigenvalue weighted by Crippen LogP contribution is 2.28. The Balaban J connectivity index is 2.37. The third kappa shape index (κ3) is 3.44. The van der Waals surface area contributed by atoms with E-state index in [1.54, 1.807) is 24.3 Å². The molecule has 21 heavy (non-hydrogen) atoms. The summed E-state index contributed by atoms with van der Waals surface area (Å²) in [6, 6.07) is 6.55. The number of hydrogen-bond acceptors (Lipinski definition) is 5. The van der Waals surface area contributed by atoms with Gasteiger partial charge < -0.3 is 15.7 Å². The number of hydrogen-bond donors (Lipinski definition) is 2. The minimum atomic E-state index is -3.64. The van der Waals surface area contributed by atoms with Crippen LogP contribution < -0.4 is 5.73 Å². The maximum atomic E-state index is 12.9. The normalized spacial score (nSPS) is 23.9. The van der Waals surface area contributed by atoms with Crippen LogP contribution in [0.1, 0.15) is 12.0 Å². The fraction of sp³-hybridized carbons (Fsp3) is 0.571. The van der Waals surface area contributed by atoms with Crippen molar-refractivity contribution in [2.45, 2.75) is 30.0 Å². The molecule has 1 saturated heterocycles. The lowest BCUT2D eigenvalue weighted by molar-refractivity contribution is 0.188. The Bertz CT molecular complexity index is 589. The zero-order chi connectivity index (χ0) is 15.6. The quantitative estimate of drug-likeness (QED) is 0.788. The van der Waals surface area contributed by atoms with E-state index in [0.717, 1.165) is 0 Å². The molecule has 1 aliphatic heterocycles. The Morgan fingerprint density at radius 1 is 1.38 bits per heavy atom. The summed E-state index contributed by atoms with van der Waals surface area (Å²) in [6.45, 7) is 0.894. The van der Waals surface area contributed by atoms with Crippen LogP contribution in [0.5, 0.6) is 0 Å². The van der Waals surface area contributed by atoms with E-state index in [-0.39, 0.29) is 24.0 Å². The Morgan fingerprint density at radius 3 is 2.67 bits per heavy atom. The van der Waals surface area contributed by atoms with Crippen LogP contribution in [0.4, 0.5) is 0 Å². The van der Waals surface area contributed by atoms with Crippen molar-refractivity contribution in [2.24, 2.45) is 5.73 Å². The summed E-state index contributed by atoms with van der Waals surface area (Å²) in [4.78, 5) is 2.17. The summed E-state index contributed by atoms with van der Waals surface area (Å²) in [5.41, 5.74) is 6.25. The van der Waals surface area contributed by atoms with Crippen LogP contribution in [0.15, 0.2) is 29.2 Å². The minimum absolute atomic E-state index is 0.139. The zero-order valence-corrected chi connectivity index (χ0v) is 13.3. The number of β-amino-alcohol motifs (C(OH)–C–C–N with tert-alkyl or cyclic N) is 1. The van der Waals surface area contributed by atoms with E-state index in [1.165, 1.54) is 4.31 Å². The predicted octanol–water partition coefficient (Wildman–Crippen LogP) is -0.169. The Kier molecular flexibility index (Phi) is 5.00. The van der Waals surface area contributed by atoms with Gasteiger partial charge in [-0.25, -0.2) is 8.42 Å². The van der Waals surface area contributed by atoms with Gasteiger partial charge in [0.1, 0.15) is 0 Å². The highest BCUT2D eigenvalue weighted by molar-refractivity contribution is 7.89. The molecule has 0 radical (unpaired) electrons. The summed E-state index contributed by atoms with van der Waals surface area (Å²) in [7, 11) is 0.142. The van der Waals surface area contributed by atoms with Gasteiger partial charge in [-0.05, 0) is 32.1 Å². The molecule has 0 bridgehead atoms. The summed E-state index contributed by atoms with van der Waals surface area (Å²) in [5.74, 6) is 0. The van der Waals surface area contributed by atoms with Gasteiger partial charge in [0.25, 0.3) is 0 Å². The third-order valence-corrected chi connectivity index (χ3v) is 5.72. The fourth-order valence-corrected chi connectivity index (χ4v) is 4.69. The average Bonchev–Trinajstić information content (AvgIpc) is 2.79. The summed E-state index contributed by atoms with van der Waals surface area (Å²) >= 11 is 0. The van der Waals surface area contributed by atoms with Gasteiger partial charge in [-0.1, -0.05) is 18.2 Å². The highest BCUT2D eigenvalue weighted by Gasteiger charge is 2.40. The molecule has 0 amide bonds. The molecule has 7 heteroatoms. The number of nitrogens with two attached hydrogens (primary N) is 1. The molecule has 1 aromatic rings. The van der Waals surface area contributed by atoms with E-state index in [4.69, 9.17) is 5.73 Å². The Morgan fingerprint density at radius 2 is 2.05 bits per heavy atom. The third-order valence-electron chi connectivity index (χ3n) is 3.70. The lowest BCUT2D eigenvalue weighted by atomic mass is 10.2. The van der Waals surface area contributed by atoms with Crippen molar-refractivity contribution >= 4 is 10.0 Å². The monoisotopic (exact) mass is 313 g/mol. The molecule has 1 heterocycles. The molecule has 1 aliphatic rings. The molecule has 2 atom stereocenters. The first kappa shape index (κ1) is 16.4. The van der Waals surface area contributed by atoms with Crippen molar-refractivity contribution in [3.8, 4) is 0 Å². The molecule has 0 spiro atoms. The SMILES string of the molecule is CN(C)CC1CC(O)CN1S(=O)(=O)c1ccccc1CN. The van der Waals surface area contributed by atoms with Crippen molar-refractivity contribution in [3.05, 3.63) is 29.8 Å². The second-order valence-electron chi connectivity index (χ2n) is 5.69. The van der Waals surface area contributed by atoms with Crippen LogP contribution in [0, 0.1) is 0 Å². The van der Waals surface area contributed by atoms with E-state index in [1.807, 2.05) is 19.0 Å². The highest BCUT2D eigenvalue weighted by atomic mass is 32.2. The van der Waals surface area contributed by atoms with Crippen molar-refractivity contribution in [2.75, 3.05) is 27.2 Å². The molecule has 1 fully saturated rings. The van der Waals surface area contributed by atoms with Crippen LogP contribution in [0.2, 0.25) is 0 Å². The molecule has 0 aliphatic carbocycles. The van der Waals surface area contributed by atoms with Crippen LogP contribution in [0.25, 0.3) is 0 Å². The number of likely N-dealkylation sites (N-methyl/N-ethyl adjacent to an activating group) is 1. The topological polar surface area (TPSA) is 86.9 Å². The van der Waals surface area contributed by atoms with Gasteiger partial charge in [0, 0.05) is 25.7 Å². The number of rotatable bonds is 5. The van der Waals surface area contributed by atoms with Crippen LogP contribution >= 0.6 is 0 Å². The van der Waals surface area contributed by atoms with Crippen molar-refractivity contribution in [1.29, 1.82) is 0 Å². The largest absolute Gasteiger partial charge is 0.392 e. The average molecular weight is 313 g/mol. The van der Waals surface area contributed by atoms with Crippen molar-refractivity contribution in [3.63, 3.8) is 0 Å². The molecular formula is C14H23N3O3S. The number of benzene rings is 1. The Labute approximate surface area is 126 Å². The van der Waals surface area contributed by atoms with Gasteiger partial charge >= 0.3 is 0 Å². The number of nitrogens with zero attached hydrogens (tertiary/aromatic N) is 2. The number of sulfonamides is 1. The smallest absolute Gasteiger partial charge is 0.243 e. The van der Waals surface area contributed by atoms with Crippen LogP contribution in [0.3, 0.4) is 0 Å². The first-order valence-electron chi connectivity index (χ1n) is 6.99. The van der Waals surface area contributed by atoms with Gasteiger partial charge in [0.2, 0.25) is 10.0 Å². The summed E-state index contributed by atoms with van der Waals surface area (Å²) < 4.78 is 27.2. The maximum Gasteiger partial charge on any atom is 0.243 e. The summed E-state index contributed by atoms with van der Waals surface area (Å²) in [6.07, 6.45) is -0.155. The molecule has 118 valence electrons. The number of aliphatic hydroxyl groups is 1. The van der Waals surface area contributed by atoms with Crippen molar-refractivity contribution < 1.29 is 13.5 Å². The molecule has 1 aromatic carbocycles. The second-order valence-corrected chi connectivity index (χ2v) is 7.55. The van der Waals surface area contributed by atoms with Gasteiger partial charge in [-0.3, -0.25) is 0 Å². The zero-order valence-electron chi connectivity index (χ0n) is 12.4. The molecule has 2 unspecified atom stereocenters. The van der Waals surface area contributed by atoms with Gasteiger partial charge in [-0.2, -0.15) is 4.31 Å².